The maximum Gasteiger partial charge on any atom is 0.229 e. The summed E-state index contributed by atoms with van der Waals surface area (Å²) in [6.45, 7) is 3.11. The van der Waals surface area contributed by atoms with Gasteiger partial charge in [-0.2, -0.15) is 11.3 Å². The van der Waals surface area contributed by atoms with Crippen molar-refractivity contribution in [2.75, 3.05) is 13.1 Å². The molecule has 1 amide bonds. The lowest BCUT2D eigenvalue weighted by atomic mass is 10.0. The second-order valence-corrected chi connectivity index (χ2v) is 4.79. The number of hydrogen-bond donors (Lipinski definition) is 1. The molecule has 2 atom stereocenters. The number of carbonyl (C=O) groups is 1. The molecule has 1 fully saturated rings. The van der Waals surface area contributed by atoms with Crippen LogP contribution in [0.15, 0.2) is 16.8 Å². The predicted molar refractivity (Wildman–Crippen MR) is 59.9 cm³/mol. The molecule has 1 saturated heterocycles. The lowest BCUT2D eigenvalue weighted by molar-refractivity contribution is -0.131. The van der Waals surface area contributed by atoms with Gasteiger partial charge in [0.1, 0.15) is 0 Å². The molecule has 0 bridgehead atoms. The number of amides is 1. The van der Waals surface area contributed by atoms with Gasteiger partial charge in [0.05, 0.1) is 12.0 Å². The van der Waals surface area contributed by atoms with Crippen molar-refractivity contribution in [3.63, 3.8) is 0 Å². The summed E-state index contributed by atoms with van der Waals surface area (Å²) < 4.78 is 0. The zero-order valence-corrected chi connectivity index (χ0v) is 9.54. The molecule has 1 unspecified atom stereocenters. The quantitative estimate of drug-likeness (QED) is 0.827. The molecule has 0 spiro atoms. The van der Waals surface area contributed by atoms with E-state index in [1.807, 2.05) is 23.8 Å². The molecule has 2 heterocycles. The highest BCUT2D eigenvalue weighted by atomic mass is 32.1. The first-order valence-electron chi connectivity index (χ1n) is 5.17. The Morgan fingerprint density at radius 3 is 3.07 bits per heavy atom. The number of carbonyl (C=O) groups excluding carboxylic acids is 1. The van der Waals surface area contributed by atoms with E-state index in [0.717, 1.165) is 5.56 Å². The molecule has 1 aliphatic rings. The summed E-state index contributed by atoms with van der Waals surface area (Å²) in [6.07, 6.45) is 0.380. The molecule has 1 aromatic rings. The smallest absolute Gasteiger partial charge is 0.229 e. The van der Waals surface area contributed by atoms with Crippen LogP contribution in [0.2, 0.25) is 0 Å². The maximum absolute atomic E-state index is 12.0. The van der Waals surface area contributed by atoms with Crippen molar-refractivity contribution in [1.29, 1.82) is 0 Å². The summed E-state index contributed by atoms with van der Waals surface area (Å²) in [4.78, 5) is 13.8. The number of thiophene rings is 1. The fraction of sp³-hybridized carbons (Fsp3) is 0.545. The zero-order valence-electron chi connectivity index (χ0n) is 8.72. The van der Waals surface area contributed by atoms with E-state index >= 15 is 0 Å². The first-order valence-corrected chi connectivity index (χ1v) is 6.11. The molecule has 15 heavy (non-hydrogen) atoms. The molecule has 3 nitrogen and oxygen atoms in total. The highest BCUT2D eigenvalue weighted by Crippen LogP contribution is 2.22. The van der Waals surface area contributed by atoms with Gasteiger partial charge in [-0.25, -0.2) is 0 Å². The van der Waals surface area contributed by atoms with Crippen LogP contribution < -0.4 is 0 Å². The molecule has 0 aromatic carbocycles. The van der Waals surface area contributed by atoms with E-state index in [1.54, 1.807) is 16.2 Å². The van der Waals surface area contributed by atoms with Gasteiger partial charge < -0.3 is 10.0 Å². The van der Waals surface area contributed by atoms with Gasteiger partial charge in [0.25, 0.3) is 0 Å². The van der Waals surface area contributed by atoms with Gasteiger partial charge in [-0.15, -0.1) is 0 Å². The first kappa shape index (κ1) is 10.6. The molecule has 0 aliphatic carbocycles. The molecular weight excluding hydrogens is 210 g/mol. The standard InChI is InChI=1S/C11H15NO2S/c1-8(9-3-5-15-7-9)11(14)12-4-2-10(13)6-12/h3,5,7-8,10,13H,2,4,6H2,1H3/t8?,10-/m0/s1. The summed E-state index contributed by atoms with van der Waals surface area (Å²) in [5, 5.41) is 13.4. The van der Waals surface area contributed by atoms with Crippen molar-refractivity contribution in [3.8, 4) is 0 Å². The Balaban J connectivity index is 2.02. The second-order valence-electron chi connectivity index (χ2n) is 4.01. The number of hydrogen-bond acceptors (Lipinski definition) is 3. The molecule has 0 saturated carbocycles. The van der Waals surface area contributed by atoms with E-state index in [0.29, 0.717) is 19.5 Å². The zero-order chi connectivity index (χ0) is 10.8. The largest absolute Gasteiger partial charge is 0.391 e. The Hall–Kier alpha value is -0.870. The van der Waals surface area contributed by atoms with Crippen molar-refractivity contribution in [2.45, 2.75) is 25.4 Å². The van der Waals surface area contributed by atoms with Crippen LogP contribution in [0.4, 0.5) is 0 Å². The van der Waals surface area contributed by atoms with Crippen LogP contribution in [0.3, 0.4) is 0 Å². The Morgan fingerprint density at radius 2 is 2.53 bits per heavy atom. The van der Waals surface area contributed by atoms with E-state index in [4.69, 9.17) is 0 Å². The van der Waals surface area contributed by atoms with Gasteiger partial charge in [0, 0.05) is 13.1 Å². The van der Waals surface area contributed by atoms with Crippen LogP contribution in [0, 0.1) is 0 Å². The van der Waals surface area contributed by atoms with Crippen molar-refractivity contribution in [1.82, 2.24) is 4.90 Å². The Kier molecular flexibility index (Phi) is 3.07. The van der Waals surface area contributed by atoms with Crippen LogP contribution in [0.25, 0.3) is 0 Å². The fourth-order valence-corrected chi connectivity index (χ4v) is 2.63. The molecule has 0 radical (unpaired) electrons. The summed E-state index contributed by atoms with van der Waals surface area (Å²) in [6, 6.07) is 1.99. The van der Waals surface area contributed by atoms with Crippen molar-refractivity contribution >= 4 is 17.2 Å². The van der Waals surface area contributed by atoms with E-state index in [1.165, 1.54) is 0 Å². The third kappa shape index (κ3) is 2.21. The van der Waals surface area contributed by atoms with Crippen LogP contribution >= 0.6 is 11.3 Å². The highest BCUT2D eigenvalue weighted by Gasteiger charge is 2.28. The SMILES string of the molecule is CC(C(=O)N1CC[C@H](O)C1)c1ccsc1. The number of rotatable bonds is 2. The number of likely N-dealkylation sites (tertiary alicyclic amines) is 1. The summed E-state index contributed by atoms with van der Waals surface area (Å²) >= 11 is 1.61. The van der Waals surface area contributed by atoms with Gasteiger partial charge in [0.2, 0.25) is 5.91 Å². The Labute approximate surface area is 93.3 Å². The summed E-state index contributed by atoms with van der Waals surface area (Å²) in [5.74, 6) is 0.0477. The molecule has 2 rings (SSSR count). The topological polar surface area (TPSA) is 40.5 Å². The number of nitrogens with zero attached hydrogens (tertiary/aromatic N) is 1. The lowest BCUT2D eigenvalue weighted by Gasteiger charge is -2.19. The highest BCUT2D eigenvalue weighted by molar-refractivity contribution is 7.08. The van der Waals surface area contributed by atoms with Gasteiger partial charge in [-0.3, -0.25) is 4.79 Å². The van der Waals surface area contributed by atoms with Crippen LogP contribution in [-0.4, -0.2) is 35.1 Å². The van der Waals surface area contributed by atoms with Gasteiger partial charge in [-0.05, 0) is 35.7 Å². The van der Waals surface area contributed by atoms with Crippen molar-refractivity contribution < 1.29 is 9.90 Å². The number of aliphatic hydroxyl groups excluding tert-OH is 1. The van der Waals surface area contributed by atoms with Crippen LogP contribution in [0.1, 0.15) is 24.8 Å². The van der Waals surface area contributed by atoms with E-state index in [-0.39, 0.29) is 17.9 Å². The van der Waals surface area contributed by atoms with Gasteiger partial charge >= 0.3 is 0 Å². The summed E-state index contributed by atoms with van der Waals surface area (Å²) in [7, 11) is 0. The number of β-amino-alcohol motifs (C(OH)–C–C–N with tert-alkyl or cyclic N) is 1. The second kappa shape index (κ2) is 4.33. The molecule has 1 N–H and O–H groups in total. The number of aliphatic hydroxyl groups is 1. The minimum absolute atomic E-state index is 0.0819. The minimum atomic E-state index is -0.330. The molecular formula is C11H15NO2S. The third-order valence-electron chi connectivity index (χ3n) is 2.89. The average Bonchev–Trinajstić information content (AvgIpc) is 2.85. The van der Waals surface area contributed by atoms with Crippen molar-refractivity contribution in [2.24, 2.45) is 0 Å². The average molecular weight is 225 g/mol. The Morgan fingerprint density at radius 1 is 1.73 bits per heavy atom. The maximum atomic E-state index is 12.0. The first-order chi connectivity index (χ1) is 7.18. The molecule has 4 heteroatoms. The lowest BCUT2D eigenvalue weighted by Crippen LogP contribution is -2.32. The van der Waals surface area contributed by atoms with E-state index in [9.17, 15) is 9.90 Å². The van der Waals surface area contributed by atoms with Gasteiger partial charge in [-0.1, -0.05) is 0 Å². The normalized spacial score (nSPS) is 23.1. The molecule has 1 aromatic heterocycles. The Bertz CT molecular complexity index is 336. The monoisotopic (exact) mass is 225 g/mol. The van der Waals surface area contributed by atoms with Crippen molar-refractivity contribution in [3.05, 3.63) is 22.4 Å². The third-order valence-corrected chi connectivity index (χ3v) is 3.59. The minimum Gasteiger partial charge on any atom is -0.391 e. The fourth-order valence-electron chi connectivity index (χ4n) is 1.88. The van der Waals surface area contributed by atoms with E-state index in [2.05, 4.69) is 0 Å². The molecule has 82 valence electrons. The van der Waals surface area contributed by atoms with E-state index < -0.39 is 0 Å². The summed E-state index contributed by atoms with van der Waals surface area (Å²) in [5.41, 5.74) is 1.08. The van der Waals surface area contributed by atoms with Crippen LogP contribution in [0.5, 0.6) is 0 Å². The van der Waals surface area contributed by atoms with Crippen LogP contribution in [-0.2, 0) is 4.79 Å². The van der Waals surface area contributed by atoms with Gasteiger partial charge in [0.15, 0.2) is 0 Å². The predicted octanol–water partition coefficient (Wildman–Crippen LogP) is 1.44. The molecule has 1 aliphatic heterocycles.